The molecule has 170 valence electrons. The molecule has 0 unspecified atom stereocenters. The highest BCUT2D eigenvalue weighted by atomic mass is 16.6. The molecule has 0 spiro atoms. The summed E-state index contributed by atoms with van der Waals surface area (Å²) in [4.78, 5) is 28.3. The minimum absolute atomic E-state index is 0.0251. The van der Waals surface area contributed by atoms with Crippen molar-refractivity contribution in [3.05, 3.63) is 30.9 Å². The van der Waals surface area contributed by atoms with Crippen molar-refractivity contribution in [1.29, 1.82) is 0 Å². The standard InChI is InChI=1S/C23H30N6O3/c1-5-19(30)24-15-7-8-17-18(13-15)21(28-10-6-11-28)27-26-20(17)29-12-9-16(14-29)25-22(31)32-23(2,3)4/h5,7-8,13,16H,1,6,9-12,14H2,2-4H3,(H,24,30)(H,25,31)/t16-/m1/s1. The molecule has 0 saturated carbocycles. The fourth-order valence-corrected chi connectivity index (χ4v) is 3.94. The number of nitrogens with one attached hydrogen (secondary N) is 2. The Morgan fingerprint density at radius 1 is 1.12 bits per heavy atom. The summed E-state index contributed by atoms with van der Waals surface area (Å²) in [5.74, 6) is 1.35. The van der Waals surface area contributed by atoms with Crippen LogP contribution in [-0.4, -0.2) is 60.0 Å². The van der Waals surface area contributed by atoms with Crippen LogP contribution in [0.3, 0.4) is 0 Å². The zero-order valence-electron chi connectivity index (χ0n) is 18.9. The number of benzene rings is 1. The maximum atomic E-state index is 12.2. The van der Waals surface area contributed by atoms with E-state index in [1.54, 1.807) is 0 Å². The van der Waals surface area contributed by atoms with Crippen LogP contribution >= 0.6 is 0 Å². The summed E-state index contributed by atoms with van der Waals surface area (Å²) in [6, 6.07) is 5.75. The van der Waals surface area contributed by atoms with Crippen LogP contribution in [0, 0.1) is 0 Å². The number of hydrogen-bond acceptors (Lipinski definition) is 7. The zero-order chi connectivity index (χ0) is 22.9. The largest absolute Gasteiger partial charge is 0.444 e. The lowest BCUT2D eigenvalue weighted by atomic mass is 10.1. The molecular weight excluding hydrogens is 408 g/mol. The van der Waals surface area contributed by atoms with Crippen LogP contribution in [0.15, 0.2) is 30.9 Å². The molecule has 4 rings (SSSR count). The van der Waals surface area contributed by atoms with Crippen molar-refractivity contribution < 1.29 is 14.3 Å². The fraction of sp³-hybridized carbons (Fsp3) is 0.478. The number of carbonyl (C=O) groups is 2. The number of rotatable bonds is 5. The van der Waals surface area contributed by atoms with E-state index in [1.807, 2.05) is 39.0 Å². The van der Waals surface area contributed by atoms with E-state index >= 15 is 0 Å². The Balaban J connectivity index is 1.58. The van der Waals surface area contributed by atoms with Crippen molar-refractivity contribution in [2.24, 2.45) is 0 Å². The van der Waals surface area contributed by atoms with Gasteiger partial charge < -0.3 is 25.2 Å². The molecule has 2 aliphatic heterocycles. The van der Waals surface area contributed by atoms with Crippen molar-refractivity contribution >= 4 is 40.1 Å². The number of nitrogens with zero attached hydrogens (tertiary/aromatic N) is 4. The topological polar surface area (TPSA) is 99.7 Å². The molecule has 2 saturated heterocycles. The Bertz CT molecular complexity index is 1040. The number of alkyl carbamates (subject to hydrolysis) is 1. The van der Waals surface area contributed by atoms with E-state index in [0.29, 0.717) is 12.2 Å². The van der Waals surface area contributed by atoms with Crippen LogP contribution in [-0.2, 0) is 9.53 Å². The Morgan fingerprint density at radius 3 is 2.47 bits per heavy atom. The van der Waals surface area contributed by atoms with E-state index < -0.39 is 11.7 Å². The Labute approximate surface area is 187 Å². The second-order valence-electron chi connectivity index (χ2n) is 9.22. The van der Waals surface area contributed by atoms with E-state index in [9.17, 15) is 9.59 Å². The first-order valence-corrected chi connectivity index (χ1v) is 11.0. The first kappa shape index (κ1) is 21.9. The van der Waals surface area contributed by atoms with Crippen molar-refractivity contribution in [2.75, 3.05) is 41.3 Å². The quantitative estimate of drug-likeness (QED) is 0.692. The minimum atomic E-state index is -0.532. The average Bonchev–Trinajstić information content (AvgIpc) is 3.13. The number of amides is 2. The van der Waals surface area contributed by atoms with Gasteiger partial charge in [-0.3, -0.25) is 4.79 Å². The van der Waals surface area contributed by atoms with Crippen LogP contribution in [0.1, 0.15) is 33.6 Å². The van der Waals surface area contributed by atoms with Gasteiger partial charge in [0.25, 0.3) is 0 Å². The fourth-order valence-electron chi connectivity index (χ4n) is 3.94. The normalized spacial score (nSPS) is 18.3. The Kier molecular flexibility index (Phi) is 5.90. The van der Waals surface area contributed by atoms with Crippen LogP contribution in [0.5, 0.6) is 0 Å². The van der Waals surface area contributed by atoms with Gasteiger partial charge in [-0.15, -0.1) is 10.2 Å². The van der Waals surface area contributed by atoms with E-state index in [4.69, 9.17) is 4.74 Å². The van der Waals surface area contributed by atoms with Crippen LogP contribution in [0.25, 0.3) is 10.8 Å². The first-order valence-electron chi connectivity index (χ1n) is 11.0. The molecule has 0 aliphatic carbocycles. The molecular formula is C23H30N6O3. The van der Waals surface area contributed by atoms with E-state index in [0.717, 1.165) is 54.9 Å². The van der Waals surface area contributed by atoms with Gasteiger partial charge in [-0.05, 0) is 57.9 Å². The second kappa shape index (κ2) is 8.64. The molecule has 1 atom stereocenters. The average molecular weight is 439 g/mol. The van der Waals surface area contributed by atoms with Crippen molar-refractivity contribution in [3.63, 3.8) is 0 Å². The second-order valence-corrected chi connectivity index (χ2v) is 9.22. The number of fused-ring (bicyclic) bond motifs is 1. The highest BCUT2D eigenvalue weighted by Gasteiger charge is 2.29. The summed E-state index contributed by atoms with van der Waals surface area (Å²) in [6.07, 6.45) is 2.76. The van der Waals surface area contributed by atoms with Crippen molar-refractivity contribution in [1.82, 2.24) is 15.5 Å². The van der Waals surface area contributed by atoms with Gasteiger partial charge in [0.2, 0.25) is 5.91 Å². The highest BCUT2D eigenvalue weighted by Crippen LogP contribution is 2.35. The summed E-state index contributed by atoms with van der Waals surface area (Å²) in [5.41, 5.74) is 0.157. The first-order chi connectivity index (χ1) is 15.2. The molecule has 3 heterocycles. The van der Waals surface area contributed by atoms with Crippen molar-refractivity contribution in [2.45, 2.75) is 45.3 Å². The predicted molar refractivity (Wildman–Crippen MR) is 125 cm³/mol. The molecule has 2 fully saturated rings. The monoisotopic (exact) mass is 438 g/mol. The summed E-state index contributed by atoms with van der Waals surface area (Å²) >= 11 is 0. The van der Waals surface area contributed by atoms with Gasteiger partial charge in [-0.25, -0.2) is 4.79 Å². The predicted octanol–water partition coefficient (Wildman–Crippen LogP) is 3.07. The third-order valence-electron chi connectivity index (χ3n) is 5.56. The summed E-state index contributed by atoms with van der Waals surface area (Å²) < 4.78 is 5.38. The number of carbonyl (C=O) groups excluding carboxylic acids is 2. The smallest absolute Gasteiger partial charge is 0.407 e. The van der Waals surface area contributed by atoms with Gasteiger partial charge in [0.15, 0.2) is 11.6 Å². The van der Waals surface area contributed by atoms with Gasteiger partial charge in [-0.1, -0.05) is 6.58 Å². The summed E-state index contributed by atoms with van der Waals surface area (Å²) in [7, 11) is 0. The van der Waals surface area contributed by atoms with E-state index in [-0.39, 0.29) is 11.9 Å². The van der Waals surface area contributed by atoms with Crippen LogP contribution in [0.4, 0.5) is 22.1 Å². The van der Waals surface area contributed by atoms with Gasteiger partial charge in [0, 0.05) is 42.6 Å². The van der Waals surface area contributed by atoms with Crippen molar-refractivity contribution in [3.8, 4) is 0 Å². The maximum absolute atomic E-state index is 12.2. The molecule has 2 N–H and O–H groups in total. The molecule has 2 aliphatic rings. The van der Waals surface area contributed by atoms with Gasteiger partial charge in [-0.2, -0.15) is 0 Å². The molecule has 2 aromatic rings. The molecule has 9 heteroatoms. The highest BCUT2D eigenvalue weighted by molar-refractivity contribution is 6.04. The molecule has 0 radical (unpaired) electrons. The van der Waals surface area contributed by atoms with Crippen LogP contribution in [0.2, 0.25) is 0 Å². The molecule has 1 aromatic carbocycles. The number of ether oxygens (including phenoxy) is 1. The molecule has 2 amide bonds. The summed E-state index contributed by atoms with van der Waals surface area (Å²) in [6.45, 7) is 12.3. The summed E-state index contributed by atoms with van der Waals surface area (Å²) in [5, 5.41) is 16.8. The lowest BCUT2D eigenvalue weighted by Gasteiger charge is -2.33. The number of aromatic nitrogens is 2. The van der Waals surface area contributed by atoms with Gasteiger partial charge >= 0.3 is 6.09 Å². The molecule has 1 aromatic heterocycles. The Morgan fingerprint density at radius 2 is 1.84 bits per heavy atom. The molecule has 0 bridgehead atoms. The number of hydrogen-bond donors (Lipinski definition) is 2. The van der Waals surface area contributed by atoms with E-state index in [1.165, 1.54) is 6.08 Å². The third-order valence-corrected chi connectivity index (χ3v) is 5.56. The minimum Gasteiger partial charge on any atom is -0.444 e. The number of anilines is 3. The third kappa shape index (κ3) is 4.76. The lowest BCUT2D eigenvalue weighted by molar-refractivity contribution is -0.111. The molecule has 32 heavy (non-hydrogen) atoms. The Hall–Kier alpha value is -3.36. The SMILES string of the molecule is C=CC(=O)Nc1ccc2c(N3CC[C@@H](NC(=O)OC(C)(C)C)C3)nnc(N3CCC3)c2c1. The van der Waals surface area contributed by atoms with E-state index in [2.05, 4.69) is 37.2 Å². The molecule has 9 nitrogen and oxygen atoms in total. The van der Waals surface area contributed by atoms with Gasteiger partial charge in [0.05, 0.1) is 6.04 Å². The maximum Gasteiger partial charge on any atom is 0.407 e. The zero-order valence-corrected chi connectivity index (χ0v) is 18.9. The van der Waals surface area contributed by atoms with Crippen LogP contribution < -0.4 is 20.4 Å². The lowest BCUT2D eigenvalue weighted by Crippen LogP contribution is -2.40. The van der Waals surface area contributed by atoms with Gasteiger partial charge in [0.1, 0.15) is 5.60 Å².